The fourth-order valence-corrected chi connectivity index (χ4v) is 4.50. The molecule has 2 aromatic carbocycles. The summed E-state index contributed by atoms with van der Waals surface area (Å²) in [5.74, 6) is 0.914. The van der Waals surface area contributed by atoms with E-state index in [1.54, 1.807) is 18.2 Å². The SMILES string of the molecule is O=C1C[C@@H](NS(=O)(=O)c2ccc([N+](=O)[O-])cc2)CN1c1ccc2c(c1)OCCO2. The molecule has 0 radical (unpaired) electrons. The topological polar surface area (TPSA) is 128 Å². The van der Waals surface area contributed by atoms with Crippen molar-refractivity contribution in [3.05, 3.63) is 52.6 Å². The molecular formula is C18H17N3O7S. The molecule has 29 heavy (non-hydrogen) atoms. The van der Waals surface area contributed by atoms with Crippen molar-refractivity contribution >= 4 is 27.3 Å². The number of hydrogen-bond acceptors (Lipinski definition) is 7. The van der Waals surface area contributed by atoms with Crippen LogP contribution >= 0.6 is 0 Å². The smallest absolute Gasteiger partial charge is 0.269 e. The van der Waals surface area contributed by atoms with Crippen molar-refractivity contribution < 1.29 is 27.6 Å². The monoisotopic (exact) mass is 419 g/mol. The molecule has 1 saturated heterocycles. The third kappa shape index (κ3) is 3.87. The van der Waals surface area contributed by atoms with Gasteiger partial charge < -0.3 is 14.4 Å². The first-order chi connectivity index (χ1) is 13.8. The molecule has 2 heterocycles. The van der Waals surface area contributed by atoms with Crippen molar-refractivity contribution in [3.63, 3.8) is 0 Å². The number of benzene rings is 2. The van der Waals surface area contributed by atoms with E-state index in [9.17, 15) is 23.3 Å². The minimum Gasteiger partial charge on any atom is -0.486 e. The minimum absolute atomic E-state index is 0.000648. The van der Waals surface area contributed by atoms with Gasteiger partial charge in [-0.05, 0) is 24.3 Å². The molecule has 2 aliphatic heterocycles. The Morgan fingerprint density at radius 3 is 2.45 bits per heavy atom. The molecule has 0 saturated carbocycles. The van der Waals surface area contributed by atoms with Crippen molar-refractivity contribution in [1.82, 2.24) is 4.72 Å². The fraction of sp³-hybridized carbons (Fsp3) is 0.278. The Kier molecular flexibility index (Phi) is 4.84. The van der Waals surface area contributed by atoms with E-state index < -0.39 is 21.0 Å². The summed E-state index contributed by atoms with van der Waals surface area (Å²) in [5, 5.41) is 10.7. The number of carbonyl (C=O) groups is 1. The van der Waals surface area contributed by atoms with E-state index in [2.05, 4.69) is 4.72 Å². The van der Waals surface area contributed by atoms with E-state index in [4.69, 9.17) is 9.47 Å². The fourth-order valence-electron chi connectivity index (χ4n) is 3.27. The first kappa shape index (κ1) is 19.2. The average Bonchev–Trinajstić information content (AvgIpc) is 3.07. The van der Waals surface area contributed by atoms with Crippen molar-refractivity contribution in [2.45, 2.75) is 17.4 Å². The molecule has 10 nitrogen and oxygen atoms in total. The summed E-state index contributed by atoms with van der Waals surface area (Å²) < 4.78 is 38.6. The molecule has 2 aromatic rings. The summed E-state index contributed by atoms with van der Waals surface area (Å²) in [4.78, 5) is 23.9. The number of anilines is 1. The maximum Gasteiger partial charge on any atom is 0.269 e. The number of amides is 1. The maximum atomic E-state index is 12.6. The number of nitro groups is 1. The second kappa shape index (κ2) is 7.33. The Morgan fingerprint density at radius 2 is 1.76 bits per heavy atom. The van der Waals surface area contributed by atoms with E-state index in [0.29, 0.717) is 30.4 Å². The highest BCUT2D eigenvalue weighted by Crippen LogP contribution is 2.35. The summed E-state index contributed by atoms with van der Waals surface area (Å²) in [7, 11) is -3.93. The number of nitrogens with zero attached hydrogens (tertiary/aromatic N) is 2. The quantitative estimate of drug-likeness (QED) is 0.574. The van der Waals surface area contributed by atoms with Crippen LogP contribution in [0.3, 0.4) is 0 Å². The molecule has 1 amide bonds. The lowest BCUT2D eigenvalue weighted by atomic mass is 10.2. The van der Waals surface area contributed by atoms with Gasteiger partial charge in [0.2, 0.25) is 15.9 Å². The lowest BCUT2D eigenvalue weighted by Gasteiger charge is -2.22. The van der Waals surface area contributed by atoms with Gasteiger partial charge in [0.05, 0.1) is 9.82 Å². The second-order valence-corrected chi connectivity index (χ2v) is 8.32. The average molecular weight is 419 g/mol. The zero-order valence-corrected chi connectivity index (χ0v) is 15.9. The van der Waals surface area contributed by atoms with E-state index in [-0.39, 0.29) is 29.5 Å². The number of fused-ring (bicyclic) bond motifs is 1. The maximum absolute atomic E-state index is 12.6. The van der Waals surface area contributed by atoms with Crippen LogP contribution in [0.5, 0.6) is 11.5 Å². The second-order valence-electron chi connectivity index (χ2n) is 6.61. The van der Waals surface area contributed by atoms with E-state index in [1.807, 2.05) is 0 Å². The van der Waals surface area contributed by atoms with Crippen LogP contribution in [-0.2, 0) is 14.8 Å². The molecule has 1 N–H and O–H groups in total. The zero-order chi connectivity index (χ0) is 20.6. The van der Waals surface area contributed by atoms with Crippen LogP contribution in [-0.4, -0.2) is 45.0 Å². The number of ether oxygens (including phenoxy) is 2. The molecule has 1 atom stereocenters. The third-order valence-electron chi connectivity index (χ3n) is 4.64. The Balaban J connectivity index is 1.48. The van der Waals surface area contributed by atoms with Crippen molar-refractivity contribution in [2.24, 2.45) is 0 Å². The van der Waals surface area contributed by atoms with E-state index >= 15 is 0 Å². The molecule has 152 valence electrons. The predicted molar refractivity (Wildman–Crippen MR) is 102 cm³/mol. The van der Waals surface area contributed by atoms with E-state index in [0.717, 1.165) is 24.3 Å². The molecule has 0 bridgehead atoms. The zero-order valence-electron chi connectivity index (χ0n) is 15.1. The van der Waals surface area contributed by atoms with Gasteiger partial charge in [0.1, 0.15) is 13.2 Å². The largest absolute Gasteiger partial charge is 0.486 e. The van der Waals surface area contributed by atoms with Gasteiger partial charge in [0, 0.05) is 42.9 Å². The first-order valence-corrected chi connectivity index (χ1v) is 10.3. The molecule has 4 rings (SSSR count). The lowest BCUT2D eigenvalue weighted by molar-refractivity contribution is -0.384. The van der Waals surface area contributed by atoms with Crippen LogP contribution < -0.4 is 19.1 Å². The highest BCUT2D eigenvalue weighted by Gasteiger charge is 2.34. The number of rotatable bonds is 5. The Labute approximate surface area is 166 Å². The van der Waals surface area contributed by atoms with Gasteiger partial charge >= 0.3 is 0 Å². The molecule has 11 heteroatoms. The molecular weight excluding hydrogens is 402 g/mol. The van der Waals surface area contributed by atoms with Crippen LogP contribution in [0.1, 0.15) is 6.42 Å². The van der Waals surface area contributed by atoms with E-state index in [1.165, 1.54) is 4.90 Å². The normalized spacial score (nSPS) is 18.7. The summed E-state index contributed by atoms with van der Waals surface area (Å²) in [6.45, 7) is 1.04. The van der Waals surface area contributed by atoms with Crippen LogP contribution in [0.4, 0.5) is 11.4 Å². The van der Waals surface area contributed by atoms with Crippen molar-refractivity contribution in [3.8, 4) is 11.5 Å². The van der Waals surface area contributed by atoms with Crippen LogP contribution in [0.15, 0.2) is 47.4 Å². The number of sulfonamides is 1. The van der Waals surface area contributed by atoms with Gasteiger partial charge in [0.25, 0.3) is 5.69 Å². The number of nitrogens with one attached hydrogen (secondary N) is 1. The number of carbonyl (C=O) groups excluding carboxylic acids is 1. The Hall–Kier alpha value is -3.18. The molecule has 1 fully saturated rings. The van der Waals surface area contributed by atoms with Gasteiger partial charge in [-0.15, -0.1) is 0 Å². The van der Waals surface area contributed by atoms with Gasteiger partial charge in [-0.1, -0.05) is 0 Å². The standard InChI is InChI=1S/C18H17N3O7S/c22-18-9-12(19-29(25,26)15-4-1-13(2-5-15)21(23)24)11-20(18)14-3-6-16-17(10-14)28-8-7-27-16/h1-6,10,12,19H,7-9,11H2/t12-/m1/s1. The Morgan fingerprint density at radius 1 is 1.07 bits per heavy atom. The van der Waals surface area contributed by atoms with Crippen molar-refractivity contribution in [2.75, 3.05) is 24.7 Å². The Bertz CT molecular complexity index is 1070. The highest BCUT2D eigenvalue weighted by atomic mass is 32.2. The third-order valence-corrected chi connectivity index (χ3v) is 6.18. The van der Waals surface area contributed by atoms with Gasteiger partial charge in [-0.2, -0.15) is 0 Å². The highest BCUT2D eigenvalue weighted by molar-refractivity contribution is 7.89. The number of nitro benzene ring substituents is 1. The summed E-state index contributed by atoms with van der Waals surface area (Å²) >= 11 is 0. The van der Waals surface area contributed by atoms with Crippen LogP contribution in [0.25, 0.3) is 0 Å². The van der Waals surface area contributed by atoms with Gasteiger partial charge in [0.15, 0.2) is 11.5 Å². The van der Waals surface area contributed by atoms with Gasteiger partial charge in [-0.25, -0.2) is 13.1 Å². The van der Waals surface area contributed by atoms with Crippen LogP contribution in [0, 0.1) is 10.1 Å². The number of hydrogen-bond donors (Lipinski definition) is 1. The predicted octanol–water partition coefficient (Wildman–Crippen LogP) is 1.45. The molecule has 0 aromatic heterocycles. The first-order valence-electron chi connectivity index (χ1n) is 8.80. The lowest BCUT2D eigenvalue weighted by Crippen LogP contribution is -2.37. The summed E-state index contributed by atoms with van der Waals surface area (Å²) in [6.07, 6.45) is 0.000648. The molecule has 2 aliphatic rings. The van der Waals surface area contributed by atoms with Crippen molar-refractivity contribution in [1.29, 1.82) is 0 Å². The summed E-state index contributed by atoms with van der Waals surface area (Å²) in [5.41, 5.74) is 0.390. The molecule has 0 aliphatic carbocycles. The van der Waals surface area contributed by atoms with Gasteiger partial charge in [-0.3, -0.25) is 14.9 Å². The molecule has 0 spiro atoms. The van der Waals surface area contributed by atoms with Crippen LogP contribution in [0.2, 0.25) is 0 Å². The minimum atomic E-state index is -3.93. The number of non-ortho nitro benzene ring substituents is 1. The molecule has 0 unspecified atom stereocenters. The summed E-state index contributed by atoms with van der Waals surface area (Å²) in [6, 6.07) is 9.07.